The maximum absolute atomic E-state index is 11.6. The second-order valence-corrected chi connectivity index (χ2v) is 5.45. The zero-order valence-electron chi connectivity index (χ0n) is 10.1. The number of hydrogen-bond acceptors (Lipinski definition) is 3. The van der Waals surface area contributed by atoms with Crippen LogP contribution in [0.5, 0.6) is 11.5 Å². The Balaban J connectivity index is 2.58. The Hall–Kier alpha value is -1.23. The molecule has 1 aromatic carbocycles. The van der Waals surface area contributed by atoms with E-state index in [-0.39, 0.29) is 5.75 Å². The molecule has 5 heteroatoms. The fourth-order valence-electron chi connectivity index (χ4n) is 2.65. The average Bonchev–Trinajstić information content (AvgIpc) is 2.79. The summed E-state index contributed by atoms with van der Waals surface area (Å²) in [7, 11) is 1.45. The number of benzene rings is 1. The van der Waals surface area contributed by atoms with Crippen LogP contribution in [0, 0.1) is 0 Å². The molecule has 2 rings (SSSR count). The molecule has 0 bridgehead atoms. The number of aromatic hydroxyl groups is 1. The lowest BCUT2D eigenvalue weighted by molar-refractivity contribution is -0.143. The highest BCUT2D eigenvalue weighted by Gasteiger charge is 2.44. The molecular weight excluding hydrogens is 300 g/mol. The minimum atomic E-state index is -0.861. The Labute approximate surface area is 114 Å². The number of halogens is 1. The van der Waals surface area contributed by atoms with Crippen molar-refractivity contribution in [1.29, 1.82) is 0 Å². The zero-order valence-corrected chi connectivity index (χ0v) is 11.7. The summed E-state index contributed by atoms with van der Waals surface area (Å²) in [6.07, 6.45) is 3.05. The van der Waals surface area contributed by atoms with Crippen LogP contribution in [0.2, 0.25) is 0 Å². The molecule has 2 N–H and O–H groups in total. The first-order valence-corrected chi connectivity index (χ1v) is 6.61. The van der Waals surface area contributed by atoms with Gasteiger partial charge in [-0.2, -0.15) is 0 Å². The van der Waals surface area contributed by atoms with Crippen LogP contribution in [-0.2, 0) is 10.2 Å². The first kappa shape index (κ1) is 13.2. The quantitative estimate of drug-likeness (QED) is 0.899. The third-order valence-corrected chi connectivity index (χ3v) is 4.31. The van der Waals surface area contributed by atoms with E-state index in [0.29, 0.717) is 28.6 Å². The van der Waals surface area contributed by atoms with E-state index in [1.807, 2.05) is 0 Å². The van der Waals surface area contributed by atoms with Crippen molar-refractivity contribution < 1.29 is 19.7 Å². The Kier molecular flexibility index (Phi) is 3.52. The van der Waals surface area contributed by atoms with Gasteiger partial charge in [-0.25, -0.2) is 0 Å². The summed E-state index contributed by atoms with van der Waals surface area (Å²) in [5.41, 5.74) is -0.179. The number of carboxylic acids is 1. The lowest BCUT2D eigenvalue weighted by atomic mass is 9.79. The molecule has 1 aromatic rings. The minimum absolute atomic E-state index is 0.00617. The number of carboxylic acid groups (broad SMARTS) is 1. The molecule has 1 saturated carbocycles. The highest BCUT2D eigenvalue weighted by molar-refractivity contribution is 9.10. The van der Waals surface area contributed by atoms with Crippen LogP contribution >= 0.6 is 15.9 Å². The summed E-state index contributed by atoms with van der Waals surface area (Å²) in [5.74, 6) is -0.499. The van der Waals surface area contributed by atoms with E-state index in [4.69, 9.17) is 4.74 Å². The summed E-state index contributed by atoms with van der Waals surface area (Å²) >= 11 is 3.35. The van der Waals surface area contributed by atoms with E-state index < -0.39 is 11.4 Å². The molecule has 0 atom stereocenters. The first-order chi connectivity index (χ1) is 8.51. The van der Waals surface area contributed by atoms with Gasteiger partial charge < -0.3 is 14.9 Å². The molecule has 0 heterocycles. The lowest BCUT2D eigenvalue weighted by Gasteiger charge is -2.26. The molecule has 0 saturated heterocycles. The number of rotatable bonds is 3. The molecule has 0 radical (unpaired) electrons. The largest absolute Gasteiger partial charge is 0.504 e. The molecule has 0 aliphatic heterocycles. The number of phenolic OH excluding ortho intramolecular Hbond substituents is 1. The van der Waals surface area contributed by atoms with E-state index >= 15 is 0 Å². The van der Waals surface area contributed by atoms with E-state index in [0.717, 1.165) is 12.8 Å². The van der Waals surface area contributed by atoms with Crippen molar-refractivity contribution in [2.75, 3.05) is 7.11 Å². The SMILES string of the molecule is COc1cc(C2(C(=O)O)CCCC2)c(Br)cc1O. The van der Waals surface area contributed by atoms with E-state index in [1.54, 1.807) is 6.07 Å². The third-order valence-electron chi connectivity index (χ3n) is 3.65. The van der Waals surface area contributed by atoms with Crippen molar-refractivity contribution in [2.45, 2.75) is 31.1 Å². The summed E-state index contributed by atoms with van der Waals surface area (Å²) in [5, 5.41) is 19.2. The van der Waals surface area contributed by atoms with E-state index in [1.165, 1.54) is 13.2 Å². The van der Waals surface area contributed by atoms with Gasteiger partial charge in [-0.05, 0) is 30.5 Å². The molecule has 18 heavy (non-hydrogen) atoms. The highest BCUT2D eigenvalue weighted by Crippen LogP contribution is 2.47. The monoisotopic (exact) mass is 314 g/mol. The van der Waals surface area contributed by atoms with Gasteiger partial charge in [0.05, 0.1) is 12.5 Å². The van der Waals surface area contributed by atoms with Gasteiger partial charge in [0.1, 0.15) is 0 Å². The molecule has 0 spiro atoms. The highest BCUT2D eigenvalue weighted by atomic mass is 79.9. The second kappa shape index (κ2) is 4.80. The molecule has 1 aliphatic carbocycles. The minimum Gasteiger partial charge on any atom is -0.504 e. The Bertz CT molecular complexity index is 478. The normalized spacial score (nSPS) is 17.7. The Morgan fingerprint density at radius 2 is 2.00 bits per heavy atom. The third kappa shape index (κ3) is 1.96. The van der Waals surface area contributed by atoms with Crippen LogP contribution in [0.3, 0.4) is 0 Å². The van der Waals surface area contributed by atoms with Gasteiger partial charge in [0.15, 0.2) is 11.5 Å². The van der Waals surface area contributed by atoms with Crippen molar-refractivity contribution in [3.8, 4) is 11.5 Å². The van der Waals surface area contributed by atoms with Gasteiger partial charge in [0.25, 0.3) is 0 Å². The van der Waals surface area contributed by atoms with Crippen LogP contribution in [0.1, 0.15) is 31.2 Å². The number of hydrogen-bond donors (Lipinski definition) is 2. The van der Waals surface area contributed by atoms with Crippen LogP contribution in [0.25, 0.3) is 0 Å². The van der Waals surface area contributed by atoms with E-state index in [2.05, 4.69) is 15.9 Å². The average molecular weight is 315 g/mol. The lowest BCUT2D eigenvalue weighted by Crippen LogP contribution is -2.33. The van der Waals surface area contributed by atoms with Gasteiger partial charge in [0, 0.05) is 4.47 Å². The summed E-state index contributed by atoms with van der Waals surface area (Å²) in [4.78, 5) is 11.6. The van der Waals surface area contributed by atoms with Crippen molar-refractivity contribution in [1.82, 2.24) is 0 Å². The van der Waals surface area contributed by atoms with Crippen molar-refractivity contribution in [3.05, 3.63) is 22.2 Å². The van der Waals surface area contributed by atoms with Crippen LogP contribution < -0.4 is 4.74 Å². The predicted molar refractivity (Wildman–Crippen MR) is 70.1 cm³/mol. The second-order valence-electron chi connectivity index (χ2n) is 4.60. The molecule has 0 unspecified atom stereocenters. The molecular formula is C13H15BrO4. The van der Waals surface area contributed by atoms with Crippen LogP contribution in [0.15, 0.2) is 16.6 Å². The van der Waals surface area contributed by atoms with Crippen LogP contribution in [0.4, 0.5) is 0 Å². The smallest absolute Gasteiger partial charge is 0.314 e. The predicted octanol–water partition coefficient (Wildman–Crippen LogP) is 3.06. The van der Waals surface area contributed by atoms with Crippen molar-refractivity contribution in [2.24, 2.45) is 0 Å². The van der Waals surface area contributed by atoms with Gasteiger partial charge in [-0.3, -0.25) is 4.79 Å². The molecule has 0 amide bonds. The molecule has 4 nitrogen and oxygen atoms in total. The molecule has 1 fully saturated rings. The fraction of sp³-hybridized carbons (Fsp3) is 0.462. The van der Waals surface area contributed by atoms with Crippen molar-refractivity contribution >= 4 is 21.9 Å². The molecule has 1 aliphatic rings. The topological polar surface area (TPSA) is 66.8 Å². The first-order valence-electron chi connectivity index (χ1n) is 5.81. The molecule has 98 valence electrons. The Morgan fingerprint density at radius 3 is 2.50 bits per heavy atom. The number of aliphatic carboxylic acids is 1. The number of methoxy groups -OCH3 is 1. The van der Waals surface area contributed by atoms with E-state index in [9.17, 15) is 15.0 Å². The molecule has 0 aromatic heterocycles. The van der Waals surface area contributed by atoms with Gasteiger partial charge in [0.2, 0.25) is 0 Å². The number of phenols is 1. The summed E-state index contributed by atoms with van der Waals surface area (Å²) in [6.45, 7) is 0. The summed E-state index contributed by atoms with van der Waals surface area (Å²) < 4.78 is 5.68. The van der Waals surface area contributed by atoms with Crippen LogP contribution in [-0.4, -0.2) is 23.3 Å². The maximum atomic E-state index is 11.6. The van der Waals surface area contributed by atoms with Crippen molar-refractivity contribution in [3.63, 3.8) is 0 Å². The number of ether oxygens (including phenoxy) is 1. The zero-order chi connectivity index (χ0) is 13.3. The summed E-state index contributed by atoms with van der Waals surface area (Å²) in [6, 6.07) is 3.12. The Morgan fingerprint density at radius 1 is 1.39 bits per heavy atom. The van der Waals surface area contributed by atoms with Gasteiger partial charge in [-0.1, -0.05) is 28.8 Å². The van der Waals surface area contributed by atoms with Gasteiger partial charge in [-0.15, -0.1) is 0 Å². The van der Waals surface area contributed by atoms with Gasteiger partial charge >= 0.3 is 5.97 Å². The standard InChI is InChI=1S/C13H15BrO4/c1-18-11-6-8(9(14)7-10(11)15)13(12(16)17)4-2-3-5-13/h6-7,15H,2-5H2,1H3,(H,16,17). The number of carbonyl (C=O) groups is 1. The fourth-order valence-corrected chi connectivity index (χ4v) is 3.36. The maximum Gasteiger partial charge on any atom is 0.314 e.